The van der Waals surface area contributed by atoms with Crippen LogP contribution in [0, 0.1) is 5.41 Å². The Bertz CT molecular complexity index is 400. The maximum absolute atomic E-state index is 10.8. The minimum Gasteiger partial charge on any atom is -0.475 e. The maximum atomic E-state index is 10.8. The summed E-state index contributed by atoms with van der Waals surface area (Å²) in [6.45, 7) is 0. The number of hydrogen-bond acceptors (Lipinski definition) is 6. The summed E-state index contributed by atoms with van der Waals surface area (Å²) < 4.78 is 36.0. The van der Waals surface area contributed by atoms with Gasteiger partial charge in [0.05, 0.1) is 6.17 Å². The predicted octanol–water partition coefficient (Wildman–Crippen LogP) is -1.21. The molecule has 1 unspecified atom stereocenters. The fourth-order valence-corrected chi connectivity index (χ4v) is 0.702. The molecular formula is C8H14F3N5O5. The van der Waals surface area contributed by atoms with Crippen LogP contribution in [0.15, 0.2) is 0 Å². The van der Waals surface area contributed by atoms with E-state index in [9.17, 15) is 22.8 Å². The van der Waals surface area contributed by atoms with E-state index in [-0.39, 0.29) is 12.8 Å². The number of primary amides is 1. The second-order valence-electron chi connectivity index (χ2n) is 3.29. The van der Waals surface area contributed by atoms with Crippen LogP contribution in [0.5, 0.6) is 0 Å². The fraction of sp³-hybridized carbons (Fsp3) is 0.500. The molecule has 0 aromatic heterocycles. The van der Waals surface area contributed by atoms with E-state index < -0.39 is 36.3 Å². The molecule has 21 heavy (non-hydrogen) atoms. The Labute approximate surface area is 115 Å². The number of nitrogens with one attached hydrogen (secondary N) is 2. The van der Waals surface area contributed by atoms with Gasteiger partial charge in [0.1, 0.15) is 0 Å². The molecule has 0 aliphatic heterocycles. The van der Waals surface area contributed by atoms with Crippen molar-refractivity contribution in [1.29, 1.82) is 5.41 Å². The van der Waals surface area contributed by atoms with Gasteiger partial charge in [-0.15, -0.1) is 0 Å². The topological polar surface area (TPSA) is 195 Å². The number of esters is 1. The number of carboxylic acids is 1. The molecule has 9 N–H and O–H groups in total. The first-order valence-electron chi connectivity index (χ1n) is 5.02. The summed E-state index contributed by atoms with van der Waals surface area (Å²) in [4.78, 5) is 30.0. The molecule has 0 saturated heterocycles. The summed E-state index contributed by atoms with van der Waals surface area (Å²) >= 11 is 0. The summed E-state index contributed by atoms with van der Waals surface area (Å²) in [6.07, 6.45) is -5.69. The fourth-order valence-electron chi connectivity index (χ4n) is 0.702. The lowest BCUT2D eigenvalue weighted by Crippen LogP contribution is -2.44. The molecule has 0 radical (unpaired) electrons. The maximum Gasteiger partial charge on any atom is 0.490 e. The second-order valence-corrected chi connectivity index (χ2v) is 3.29. The molecule has 2 amide bonds. The van der Waals surface area contributed by atoms with Crippen molar-refractivity contribution in [2.75, 3.05) is 0 Å². The summed E-state index contributed by atoms with van der Waals surface area (Å²) in [5.41, 5.74) is 14.9. The number of nitrogens with two attached hydrogens (primary N) is 3. The highest BCUT2D eigenvalue weighted by molar-refractivity contribution is 5.84. The zero-order valence-corrected chi connectivity index (χ0v) is 10.4. The molecule has 0 bridgehead atoms. The third kappa shape index (κ3) is 15.4. The van der Waals surface area contributed by atoms with Crippen molar-refractivity contribution in [2.24, 2.45) is 17.2 Å². The van der Waals surface area contributed by atoms with Crippen LogP contribution < -0.4 is 22.5 Å². The van der Waals surface area contributed by atoms with Gasteiger partial charge in [-0.2, -0.15) is 13.2 Å². The van der Waals surface area contributed by atoms with Gasteiger partial charge in [0.2, 0.25) is 0 Å². The number of alkyl halides is 3. The van der Waals surface area contributed by atoms with Crippen LogP contribution in [-0.2, 0) is 14.3 Å². The second kappa shape index (κ2) is 9.35. The number of carbonyl (C=O) groups is 3. The Morgan fingerprint density at radius 2 is 1.71 bits per heavy atom. The number of aliphatic carboxylic acids is 1. The molecule has 0 aliphatic carbocycles. The number of rotatable bonds is 4. The van der Waals surface area contributed by atoms with Gasteiger partial charge in [-0.1, -0.05) is 0 Å². The molecule has 0 aliphatic rings. The Morgan fingerprint density at radius 3 is 2.00 bits per heavy atom. The molecular weight excluding hydrogens is 303 g/mol. The first-order chi connectivity index (χ1) is 9.36. The highest BCUT2D eigenvalue weighted by atomic mass is 19.4. The molecule has 0 aromatic rings. The van der Waals surface area contributed by atoms with Gasteiger partial charge < -0.3 is 32.4 Å². The van der Waals surface area contributed by atoms with E-state index in [4.69, 9.17) is 32.5 Å². The monoisotopic (exact) mass is 317 g/mol. The van der Waals surface area contributed by atoms with Crippen LogP contribution in [0.3, 0.4) is 0 Å². The third-order valence-electron chi connectivity index (χ3n) is 1.45. The number of hydrogen-bond donors (Lipinski definition) is 6. The lowest BCUT2D eigenvalue weighted by Gasteiger charge is -2.10. The van der Waals surface area contributed by atoms with E-state index in [0.717, 1.165) is 0 Å². The Hall–Kier alpha value is -2.57. The van der Waals surface area contributed by atoms with Gasteiger partial charge in [0.15, 0.2) is 0 Å². The van der Waals surface area contributed by atoms with Gasteiger partial charge in [-0.05, 0) is 6.42 Å². The average Bonchev–Trinajstić information content (AvgIpc) is 2.24. The number of carbonyl (C=O) groups excluding carboxylic acids is 2. The number of ether oxygens (including phenoxy) is 1. The van der Waals surface area contributed by atoms with Gasteiger partial charge >= 0.3 is 24.1 Å². The molecule has 1 atom stereocenters. The van der Waals surface area contributed by atoms with E-state index in [1.165, 1.54) is 0 Å². The molecule has 0 spiro atoms. The first-order valence-corrected chi connectivity index (χ1v) is 5.02. The van der Waals surface area contributed by atoms with Gasteiger partial charge in [-0.25, -0.2) is 9.59 Å². The molecule has 0 fully saturated rings. The summed E-state index contributed by atoms with van der Waals surface area (Å²) in [5, 5.41) is 15.9. The predicted molar refractivity (Wildman–Crippen MR) is 61.6 cm³/mol. The van der Waals surface area contributed by atoms with Crippen LogP contribution in [0.1, 0.15) is 12.8 Å². The first kappa shape index (κ1) is 20.7. The molecule has 0 aromatic carbocycles. The average molecular weight is 317 g/mol. The summed E-state index contributed by atoms with van der Waals surface area (Å²) in [5.74, 6) is -3.44. The van der Waals surface area contributed by atoms with Crippen LogP contribution in [0.4, 0.5) is 18.0 Å². The van der Waals surface area contributed by atoms with Gasteiger partial charge in [0, 0.05) is 6.42 Å². The van der Waals surface area contributed by atoms with Crippen molar-refractivity contribution < 1.29 is 37.4 Å². The minimum absolute atomic E-state index is 0.0545. The Morgan fingerprint density at radius 1 is 1.29 bits per heavy atom. The molecule has 122 valence electrons. The number of urea groups is 1. The highest BCUT2D eigenvalue weighted by Gasteiger charge is 2.38. The van der Waals surface area contributed by atoms with Crippen molar-refractivity contribution in [2.45, 2.75) is 25.2 Å². The number of carboxylic acid groups (broad SMARTS) is 1. The zero-order valence-electron chi connectivity index (χ0n) is 10.4. The molecule has 0 heterocycles. The van der Waals surface area contributed by atoms with Crippen molar-refractivity contribution in [3.8, 4) is 0 Å². The van der Waals surface area contributed by atoms with Gasteiger partial charge in [0.25, 0.3) is 6.02 Å². The van der Waals surface area contributed by atoms with Crippen LogP contribution in [0.25, 0.3) is 0 Å². The Balaban J connectivity index is 0. The minimum atomic E-state index is -5.08. The van der Waals surface area contributed by atoms with Crippen molar-refractivity contribution >= 4 is 24.0 Å². The van der Waals surface area contributed by atoms with Crippen LogP contribution in [0.2, 0.25) is 0 Å². The normalized spacial score (nSPS) is 11.4. The molecule has 0 rings (SSSR count). The van der Waals surface area contributed by atoms with E-state index >= 15 is 0 Å². The number of amides is 2. The van der Waals surface area contributed by atoms with Crippen molar-refractivity contribution in [3.63, 3.8) is 0 Å². The lowest BCUT2D eigenvalue weighted by molar-refractivity contribution is -0.192. The smallest absolute Gasteiger partial charge is 0.475 e. The van der Waals surface area contributed by atoms with Crippen LogP contribution in [-0.4, -0.2) is 41.4 Å². The largest absolute Gasteiger partial charge is 0.490 e. The van der Waals surface area contributed by atoms with Crippen LogP contribution >= 0.6 is 0 Å². The SMILES string of the molecule is N=C(N)OC(=O)CCC(N)NC(N)=O.O=C(O)C(F)(F)F. The van der Waals surface area contributed by atoms with Crippen molar-refractivity contribution in [3.05, 3.63) is 0 Å². The van der Waals surface area contributed by atoms with E-state index in [0.29, 0.717) is 0 Å². The highest BCUT2D eigenvalue weighted by Crippen LogP contribution is 2.13. The lowest BCUT2D eigenvalue weighted by atomic mass is 10.2. The summed E-state index contributed by atoms with van der Waals surface area (Å²) in [7, 11) is 0. The molecule has 10 nitrogen and oxygen atoms in total. The zero-order chi connectivity index (χ0) is 17.2. The molecule has 0 saturated carbocycles. The quantitative estimate of drug-likeness (QED) is 0.162. The molecule has 13 heteroatoms. The summed E-state index contributed by atoms with van der Waals surface area (Å²) in [6, 6.07) is -1.44. The van der Waals surface area contributed by atoms with E-state index in [1.54, 1.807) is 0 Å². The van der Waals surface area contributed by atoms with Gasteiger partial charge in [-0.3, -0.25) is 10.2 Å². The number of amidine groups is 1. The van der Waals surface area contributed by atoms with E-state index in [1.807, 2.05) is 0 Å². The third-order valence-corrected chi connectivity index (χ3v) is 1.45. The standard InChI is InChI=1S/C6H13N5O3.C2HF3O2/c7-3(11-6(10)13)1-2-4(12)14-5(8)9;3-2(4,5)1(6)7/h3H,1-2,7H2,(H3,8,9)(H3,10,11,13);(H,6,7). The van der Waals surface area contributed by atoms with E-state index in [2.05, 4.69) is 10.1 Å². The van der Waals surface area contributed by atoms with Crippen molar-refractivity contribution in [1.82, 2.24) is 5.32 Å². The Kier molecular flexibility index (Phi) is 9.24. The number of halogens is 3.